The molecule has 1 nitrogen and oxygen atoms in total. The Morgan fingerprint density at radius 2 is 2.06 bits per heavy atom. The third kappa shape index (κ3) is 4.79. The summed E-state index contributed by atoms with van der Waals surface area (Å²) in [6, 6.07) is 12.6. The number of nitrogens with zero attached hydrogens (tertiary/aromatic N) is 1. The lowest BCUT2D eigenvalue weighted by Crippen LogP contribution is -1.96. The maximum atomic E-state index is 8.71. The Morgan fingerprint density at radius 3 is 2.69 bits per heavy atom. The molecule has 0 saturated heterocycles. The first-order valence-corrected chi connectivity index (χ1v) is 5.95. The number of allylic oxidation sites excluding steroid dienone is 1. The van der Waals surface area contributed by atoms with Gasteiger partial charge >= 0.3 is 0 Å². The fraction of sp³-hybridized carbons (Fsp3) is 0.400. The summed E-state index contributed by atoms with van der Waals surface area (Å²) in [6.45, 7) is 2.17. The van der Waals surface area contributed by atoms with E-state index in [1.807, 2.05) is 18.2 Å². The molecule has 1 heteroatoms. The average molecular weight is 213 g/mol. The fourth-order valence-corrected chi connectivity index (χ4v) is 1.80. The van der Waals surface area contributed by atoms with Gasteiger partial charge in [-0.2, -0.15) is 5.26 Å². The lowest BCUT2D eigenvalue weighted by molar-refractivity contribution is 0.496. The third-order valence-corrected chi connectivity index (χ3v) is 2.66. The number of benzene rings is 1. The average Bonchev–Trinajstić information content (AvgIpc) is 2.31. The quantitative estimate of drug-likeness (QED) is 0.686. The Hall–Kier alpha value is -1.55. The summed E-state index contributed by atoms with van der Waals surface area (Å²) in [6.07, 6.45) is 8.31. The van der Waals surface area contributed by atoms with Gasteiger partial charge in [0.1, 0.15) is 0 Å². The normalized spacial score (nSPS) is 12.5. The van der Waals surface area contributed by atoms with Crippen molar-refractivity contribution in [1.29, 1.82) is 5.26 Å². The summed E-state index contributed by atoms with van der Waals surface area (Å²) < 4.78 is 0. The van der Waals surface area contributed by atoms with E-state index in [1.165, 1.54) is 5.56 Å². The van der Waals surface area contributed by atoms with Crippen LogP contribution in [0.15, 0.2) is 36.4 Å². The minimum atomic E-state index is 0.523. The Bertz CT molecular complexity index is 345. The van der Waals surface area contributed by atoms with Crippen LogP contribution in [-0.4, -0.2) is 0 Å². The third-order valence-electron chi connectivity index (χ3n) is 2.66. The maximum absolute atomic E-state index is 8.71. The van der Waals surface area contributed by atoms with Crippen LogP contribution in [0, 0.1) is 17.2 Å². The van der Waals surface area contributed by atoms with Crippen LogP contribution in [0.1, 0.15) is 38.2 Å². The zero-order valence-corrected chi connectivity index (χ0v) is 9.89. The van der Waals surface area contributed by atoms with E-state index in [4.69, 9.17) is 5.26 Å². The maximum Gasteiger partial charge on any atom is 0.0624 e. The molecule has 1 unspecified atom stereocenters. The zero-order valence-electron chi connectivity index (χ0n) is 9.89. The van der Waals surface area contributed by atoms with Crippen LogP contribution in [0.4, 0.5) is 0 Å². The Balaban J connectivity index is 2.43. The first-order valence-electron chi connectivity index (χ1n) is 5.95. The smallest absolute Gasteiger partial charge is 0.0624 e. The Kier molecular flexibility index (Phi) is 6.03. The van der Waals surface area contributed by atoms with E-state index in [9.17, 15) is 0 Å². The van der Waals surface area contributed by atoms with E-state index in [2.05, 4.69) is 37.3 Å². The molecule has 0 radical (unpaired) electrons. The first-order chi connectivity index (χ1) is 7.86. The summed E-state index contributed by atoms with van der Waals surface area (Å²) in [4.78, 5) is 0. The second kappa shape index (κ2) is 7.70. The number of hydrogen-bond donors (Lipinski definition) is 0. The van der Waals surface area contributed by atoms with Gasteiger partial charge in [0.2, 0.25) is 0 Å². The molecule has 0 bridgehead atoms. The van der Waals surface area contributed by atoms with E-state index in [-0.39, 0.29) is 0 Å². The molecule has 0 amide bonds. The van der Waals surface area contributed by atoms with E-state index in [1.54, 1.807) is 0 Å². The molecule has 0 aliphatic rings. The summed E-state index contributed by atoms with van der Waals surface area (Å²) in [5.41, 5.74) is 1.23. The van der Waals surface area contributed by atoms with Crippen molar-refractivity contribution in [2.24, 2.45) is 5.92 Å². The molecule has 1 atom stereocenters. The highest BCUT2D eigenvalue weighted by atomic mass is 14.2. The SMILES string of the molecule is CCCC(CC#N)CC=Cc1ccccc1. The van der Waals surface area contributed by atoms with Gasteiger partial charge in [0.15, 0.2) is 0 Å². The zero-order chi connectivity index (χ0) is 11.6. The summed E-state index contributed by atoms with van der Waals surface area (Å²) >= 11 is 0. The van der Waals surface area contributed by atoms with Gasteiger partial charge in [-0.3, -0.25) is 0 Å². The highest BCUT2D eigenvalue weighted by molar-refractivity contribution is 5.48. The molecule has 0 heterocycles. The highest BCUT2D eigenvalue weighted by Crippen LogP contribution is 2.16. The summed E-state index contributed by atoms with van der Waals surface area (Å²) in [5, 5.41) is 8.71. The molecular weight excluding hydrogens is 194 g/mol. The monoisotopic (exact) mass is 213 g/mol. The van der Waals surface area contributed by atoms with Gasteiger partial charge in [-0.05, 0) is 24.3 Å². The first kappa shape index (κ1) is 12.5. The predicted octanol–water partition coefficient (Wildman–Crippen LogP) is 4.42. The van der Waals surface area contributed by atoms with Crippen molar-refractivity contribution in [3.05, 3.63) is 42.0 Å². The van der Waals surface area contributed by atoms with Crippen LogP contribution in [0.3, 0.4) is 0 Å². The van der Waals surface area contributed by atoms with E-state index >= 15 is 0 Å². The van der Waals surface area contributed by atoms with Crippen LogP contribution in [-0.2, 0) is 0 Å². The number of hydrogen-bond acceptors (Lipinski definition) is 1. The Morgan fingerprint density at radius 1 is 1.31 bits per heavy atom. The van der Waals surface area contributed by atoms with E-state index < -0.39 is 0 Å². The molecule has 0 spiro atoms. The molecule has 0 N–H and O–H groups in total. The van der Waals surface area contributed by atoms with Crippen molar-refractivity contribution in [3.8, 4) is 6.07 Å². The van der Waals surface area contributed by atoms with Gasteiger partial charge < -0.3 is 0 Å². The largest absolute Gasteiger partial charge is 0.198 e. The van der Waals surface area contributed by atoms with Gasteiger partial charge in [0, 0.05) is 6.42 Å². The van der Waals surface area contributed by atoms with Gasteiger partial charge in [0.05, 0.1) is 6.07 Å². The van der Waals surface area contributed by atoms with Crippen LogP contribution in [0.5, 0.6) is 0 Å². The molecule has 1 aromatic carbocycles. The molecule has 16 heavy (non-hydrogen) atoms. The second-order valence-electron chi connectivity index (χ2n) is 4.07. The van der Waals surface area contributed by atoms with Gasteiger partial charge in [-0.15, -0.1) is 0 Å². The summed E-state index contributed by atoms with van der Waals surface area (Å²) in [5.74, 6) is 0.523. The number of rotatable bonds is 6. The fourth-order valence-electron chi connectivity index (χ4n) is 1.80. The molecule has 0 aliphatic heterocycles. The molecule has 0 aromatic heterocycles. The lowest BCUT2D eigenvalue weighted by Gasteiger charge is -2.08. The lowest BCUT2D eigenvalue weighted by atomic mass is 9.96. The van der Waals surface area contributed by atoms with Crippen molar-refractivity contribution in [1.82, 2.24) is 0 Å². The minimum Gasteiger partial charge on any atom is -0.198 e. The van der Waals surface area contributed by atoms with Crippen molar-refractivity contribution >= 4 is 6.08 Å². The van der Waals surface area contributed by atoms with Crippen molar-refractivity contribution < 1.29 is 0 Å². The van der Waals surface area contributed by atoms with Crippen LogP contribution in [0.2, 0.25) is 0 Å². The van der Waals surface area contributed by atoms with Crippen LogP contribution >= 0.6 is 0 Å². The van der Waals surface area contributed by atoms with Crippen molar-refractivity contribution in [2.45, 2.75) is 32.6 Å². The Labute approximate surface area is 98.4 Å². The summed E-state index contributed by atoms with van der Waals surface area (Å²) in [7, 11) is 0. The molecule has 0 fully saturated rings. The number of nitriles is 1. The van der Waals surface area contributed by atoms with Crippen molar-refractivity contribution in [2.75, 3.05) is 0 Å². The van der Waals surface area contributed by atoms with Crippen LogP contribution < -0.4 is 0 Å². The molecule has 84 valence electrons. The molecule has 1 rings (SSSR count). The topological polar surface area (TPSA) is 23.8 Å². The second-order valence-corrected chi connectivity index (χ2v) is 4.07. The minimum absolute atomic E-state index is 0.523. The predicted molar refractivity (Wildman–Crippen MR) is 68.7 cm³/mol. The van der Waals surface area contributed by atoms with E-state index in [0.29, 0.717) is 12.3 Å². The van der Waals surface area contributed by atoms with Gasteiger partial charge in [-0.1, -0.05) is 55.8 Å². The molecular formula is C15H19N. The molecule has 0 saturated carbocycles. The van der Waals surface area contributed by atoms with Crippen molar-refractivity contribution in [3.63, 3.8) is 0 Å². The highest BCUT2D eigenvalue weighted by Gasteiger charge is 2.04. The molecule has 0 aliphatic carbocycles. The molecule has 1 aromatic rings. The van der Waals surface area contributed by atoms with E-state index in [0.717, 1.165) is 19.3 Å². The standard InChI is InChI=1S/C15H19N/c1-2-7-14(12-13-16)10-6-11-15-8-4-3-5-9-15/h3-6,8-9,11,14H,2,7,10,12H2,1H3. The van der Waals surface area contributed by atoms with Gasteiger partial charge in [0.25, 0.3) is 0 Å². The van der Waals surface area contributed by atoms with Gasteiger partial charge in [-0.25, -0.2) is 0 Å². The van der Waals surface area contributed by atoms with Crippen LogP contribution in [0.25, 0.3) is 6.08 Å².